The van der Waals surface area contributed by atoms with Crippen molar-refractivity contribution in [2.24, 2.45) is 0 Å². The van der Waals surface area contributed by atoms with E-state index in [2.05, 4.69) is 51.1 Å². The number of fused-ring (bicyclic) bond motifs is 3. The first-order valence-electron chi connectivity index (χ1n) is 10.5. The molecule has 0 unspecified atom stereocenters. The molecule has 152 valence electrons. The Morgan fingerprint density at radius 2 is 1.19 bits per heavy atom. The smallest absolute Gasteiger partial charge is 0.189 e. The molecule has 5 aromatic rings. The molecule has 31 heavy (non-hydrogen) atoms. The second kappa shape index (κ2) is 7.48. The predicted octanol–water partition coefficient (Wildman–Crippen LogP) is 5.95. The number of pyridine rings is 1. The van der Waals surface area contributed by atoms with Gasteiger partial charge in [0.05, 0.1) is 5.52 Å². The van der Waals surface area contributed by atoms with Gasteiger partial charge >= 0.3 is 0 Å². The van der Waals surface area contributed by atoms with E-state index in [0.717, 1.165) is 43.4 Å². The summed E-state index contributed by atoms with van der Waals surface area (Å²) < 4.78 is 15.1. The minimum Gasteiger partial charge on any atom is -0.307 e. The molecule has 0 fully saturated rings. The third-order valence-corrected chi connectivity index (χ3v) is 8.89. The highest BCUT2D eigenvalue weighted by Crippen LogP contribution is 2.45. The molecule has 2 nitrogen and oxygen atoms in total. The predicted molar refractivity (Wildman–Crippen MR) is 133 cm³/mol. The van der Waals surface area contributed by atoms with Crippen molar-refractivity contribution in [2.45, 2.75) is 20.8 Å². The van der Waals surface area contributed by atoms with Crippen LogP contribution in [0.15, 0.2) is 91.0 Å². The van der Waals surface area contributed by atoms with Gasteiger partial charge in [0.15, 0.2) is 7.14 Å². The highest BCUT2D eigenvalue weighted by Gasteiger charge is 2.33. The van der Waals surface area contributed by atoms with Crippen LogP contribution in [0.2, 0.25) is 0 Å². The van der Waals surface area contributed by atoms with Gasteiger partial charge in [0, 0.05) is 21.4 Å². The van der Waals surface area contributed by atoms with E-state index >= 15 is 4.57 Å². The molecule has 0 atom stereocenters. The van der Waals surface area contributed by atoms with Crippen LogP contribution in [-0.4, -0.2) is 4.98 Å². The Hall–Kier alpha value is -3.22. The molecule has 4 aromatic carbocycles. The molecule has 0 aliphatic carbocycles. The van der Waals surface area contributed by atoms with Gasteiger partial charge in [-0.1, -0.05) is 90.0 Å². The van der Waals surface area contributed by atoms with E-state index in [4.69, 9.17) is 4.98 Å². The minimum atomic E-state index is -3.19. The van der Waals surface area contributed by atoms with E-state index in [-0.39, 0.29) is 0 Å². The van der Waals surface area contributed by atoms with E-state index in [0.29, 0.717) is 5.44 Å². The molecule has 0 saturated carbocycles. The first kappa shape index (κ1) is 19.7. The maximum atomic E-state index is 15.1. The Morgan fingerprint density at radius 1 is 0.613 bits per heavy atom. The van der Waals surface area contributed by atoms with Crippen molar-refractivity contribution >= 4 is 44.9 Å². The van der Waals surface area contributed by atoms with E-state index in [1.54, 1.807) is 0 Å². The van der Waals surface area contributed by atoms with Crippen LogP contribution in [-0.2, 0) is 4.57 Å². The zero-order valence-electron chi connectivity index (χ0n) is 18.0. The SMILES string of the molecule is Cc1ccc2c(c1)c(P(=O)(c1ccccc1)c1ccccc1)nc1c(C)cc(C)cc12. The maximum Gasteiger partial charge on any atom is 0.189 e. The molecule has 0 aliphatic heterocycles. The van der Waals surface area contributed by atoms with Crippen molar-refractivity contribution in [3.05, 3.63) is 108 Å². The third-order valence-electron chi connectivity index (χ3n) is 5.91. The van der Waals surface area contributed by atoms with Gasteiger partial charge in [-0.15, -0.1) is 0 Å². The lowest BCUT2D eigenvalue weighted by molar-refractivity contribution is 0.592. The summed E-state index contributed by atoms with van der Waals surface area (Å²) in [6, 6.07) is 30.3. The fourth-order valence-electron chi connectivity index (χ4n) is 4.47. The zero-order valence-corrected chi connectivity index (χ0v) is 18.9. The largest absolute Gasteiger partial charge is 0.307 e. The lowest BCUT2D eigenvalue weighted by atomic mass is 10.0. The Labute approximate surface area is 183 Å². The summed E-state index contributed by atoms with van der Waals surface area (Å²) in [6.07, 6.45) is 0. The summed E-state index contributed by atoms with van der Waals surface area (Å²) >= 11 is 0. The maximum absolute atomic E-state index is 15.1. The fraction of sp³-hybridized carbons (Fsp3) is 0.107. The molecule has 1 heterocycles. The Kier molecular flexibility index (Phi) is 4.76. The van der Waals surface area contributed by atoms with Crippen molar-refractivity contribution < 1.29 is 4.57 Å². The summed E-state index contributed by atoms with van der Waals surface area (Å²) in [5.74, 6) is 0. The second-order valence-electron chi connectivity index (χ2n) is 8.24. The molecule has 0 aliphatic rings. The molecule has 0 spiro atoms. The highest BCUT2D eigenvalue weighted by atomic mass is 31.2. The number of nitrogens with zero attached hydrogens (tertiary/aromatic N) is 1. The van der Waals surface area contributed by atoms with Gasteiger partial charge in [-0.25, -0.2) is 4.98 Å². The van der Waals surface area contributed by atoms with E-state index in [1.165, 1.54) is 5.56 Å². The van der Waals surface area contributed by atoms with Crippen molar-refractivity contribution in [1.82, 2.24) is 4.98 Å². The molecule has 5 rings (SSSR count). The number of aromatic nitrogens is 1. The van der Waals surface area contributed by atoms with Gasteiger partial charge in [0.25, 0.3) is 0 Å². The molecule has 0 saturated heterocycles. The monoisotopic (exact) mass is 421 g/mol. The normalized spacial score (nSPS) is 11.8. The van der Waals surface area contributed by atoms with Gasteiger partial charge in [0.1, 0.15) is 5.44 Å². The number of benzene rings is 4. The molecule has 3 heteroatoms. The number of hydrogen-bond acceptors (Lipinski definition) is 2. The van der Waals surface area contributed by atoms with Gasteiger partial charge < -0.3 is 4.57 Å². The molecular formula is C28H24NOP. The lowest BCUT2D eigenvalue weighted by Crippen LogP contribution is -2.28. The summed E-state index contributed by atoms with van der Waals surface area (Å²) in [5.41, 5.74) is 5.03. The van der Waals surface area contributed by atoms with E-state index < -0.39 is 7.14 Å². The zero-order chi connectivity index (χ0) is 21.6. The van der Waals surface area contributed by atoms with Crippen LogP contribution < -0.4 is 16.0 Å². The van der Waals surface area contributed by atoms with E-state index in [9.17, 15) is 0 Å². The lowest BCUT2D eigenvalue weighted by Gasteiger charge is -2.22. The highest BCUT2D eigenvalue weighted by molar-refractivity contribution is 7.85. The topological polar surface area (TPSA) is 30.0 Å². The second-order valence-corrected chi connectivity index (χ2v) is 10.9. The fourth-order valence-corrected chi connectivity index (χ4v) is 7.20. The van der Waals surface area contributed by atoms with Crippen LogP contribution in [0.1, 0.15) is 16.7 Å². The minimum absolute atomic E-state index is 0.669. The van der Waals surface area contributed by atoms with Crippen LogP contribution in [0.25, 0.3) is 21.7 Å². The molecule has 1 aromatic heterocycles. The summed E-state index contributed by atoms with van der Waals surface area (Å²) in [6.45, 7) is 6.27. The Morgan fingerprint density at radius 3 is 1.81 bits per heavy atom. The summed E-state index contributed by atoms with van der Waals surface area (Å²) in [4.78, 5) is 5.15. The number of rotatable bonds is 3. The first-order valence-corrected chi connectivity index (χ1v) is 12.2. The summed E-state index contributed by atoms with van der Waals surface area (Å²) in [7, 11) is -3.19. The Balaban J connectivity index is 2.00. The van der Waals surface area contributed by atoms with Crippen molar-refractivity contribution in [1.29, 1.82) is 0 Å². The van der Waals surface area contributed by atoms with Crippen molar-refractivity contribution in [2.75, 3.05) is 0 Å². The molecule has 0 bridgehead atoms. The van der Waals surface area contributed by atoms with E-state index in [1.807, 2.05) is 60.7 Å². The number of hydrogen-bond donors (Lipinski definition) is 0. The Bertz CT molecular complexity index is 1430. The van der Waals surface area contributed by atoms with Gasteiger partial charge in [0.2, 0.25) is 0 Å². The van der Waals surface area contributed by atoms with Gasteiger partial charge in [-0.2, -0.15) is 0 Å². The van der Waals surface area contributed by atoms with Gasteiger partial charge in [-0.05, 0) is 43.9 Å². The van der Waals surface area contributed by atoms with Crippen LogP contribution in [0.5, 0.6) is 0 Å². The summed E-state index contributed by atoms with van der Waals surface area (Å²) in [5, 5.41) is 4.79. The molecule has 0 radical (unpaired) electrons. The molecule has 0 N–H and O–H groups in total. The molecular weight excluding hydrogens is 397 g/mol. The van der Waals surface area contributed by atoms with Crippen LogP contribution in [0, 0.1) is 20.8 Å². The third kappa shape index (κ3) is 3.19. The van der Waals surface area contributed by atoms with Crippen LogP contribution in [0.4, 0.5) is 0 Å². The number of aryl methyl sites for hydroxylation is 3. The average molecular weight is 421 g/mol. The standard InChI is InChI=1S/C28H24NOP/c1-19-14-15-24-25-18-20(2)16-21(3)27(25)29-28(26(24)17-19)31(30,22-10-6-4-7-11-22)23-12-8-5-9-13-23/h4-18H,1-3H3. The van der Waals surface area contributed by atoms with Crippen molar-refractivity contribution in [3.8, 4) is 0 Å². The van der Waals surface area contributed by atoms with Gasteiger partial charge in [-0.3, -0.25) is 0 Å². The molecule has 0 amide bonds. The van der Waals surface area contributed by atoms with Crippen molar-refractivity contribution in [3.63, 3.8) is 0 Å². The van der Waals surface area contributed by atoms with Crippen LogP contribution >= 0.6 is 7.14 Å². The quantitative estimate of drug-likeness (QED) is 0.266. The first-order chi connectivity index (χ1) is 15.0. The van der Waals surface area contributed by atoms with Crippen LogP contribution in [0.3, 0.4) is 0 Å². The average Bonchev–Trinajstić information content (AvgIpc) is 2.79.